The van der Waals surface area contributed by atoms with E-state index in [9.17, 15) is 0 Å². The first-order chi connectivity index (χ1) is 9.86. The maximum atomic E-state index is 5.68. The number of nitrogens with one attached hydrogen (secondary N) is 1. The Labute approximate surface area is 119 Å². The molecular formula is C19H15N. The molecule has 3 aromatic rings. The van der Waals surface area contributed by atoms with Gasteiger partial charge in [0.25, 0.3) is 0 Å². The van der Waals surface area contributed by atoms with Crippen molar-refractivity contribution in [1.82, 2.24) is 0 Å². The van der Waals surface area contributed by atoms with Gasteiger partial charge >= 0.3 is 0 Å². The van der Waals surface area contributed by atoms with Crippen molar-refractivity contribution in [3.63, 3.8) is 0 Å². The molecule has 1 N–H and O–H groups in total. The lowest BCUT2D eigenvalue weighted by Crippen LogP contribution is -2.08. The average molecular weight is 257 g/mol. The van der Waals surface area contributed by atoms with Crippen molar-refractivity contribution < 1.29 is 0 Å². The van der Waals surface area contributed by atoms with Crippen LogP contribution < -0.4 is 5.32 Å². The molecule has 3 aromatic carbocycles. The molecule has 0 spiro atoms. The molecular weight excluding hydrogens is 242 g/mol. The van der Waals surface area contributed by atoms with Gasteiger partial charge in [0.1, 0.15) is 6.04 Å². The van der Waals surface area contributed by atoms with Crippen LogP contribution in [-0.2, 0) is 0 Å². The van der Waals surface area contributed by atoms with E-state index in [0.29, 0.717) is 0 Å². The van der Waals surface area contributed by atoms with Crippen LogP contribution in [0.2, 0.25) is 0 Å². The quantitative estimate of drug-likeness (QED) is 0.675. The summed E-state index contributed by atoms with van der Waals surface area (Å²) in [6, 6.07) is 24.5. The first-order valence-electron chi connectivity index (χ1n) is 6.63. The van der Waals surface area contributed by atoms with Gasteiger partial charge in [-0.3, -0.25) is 0 Å². The lowest BCUT2D eigenvalue weighted by atomic mass is 10.0. The Morgan fingerprint density at radius 2 is 1.50 bits per heavy atom. The third kappa shape index (κ3) is 2.50. The van der Waals surface area contributed by atoms with Gasteiger partial charge < -0.3 is 5.32 Å². The fourth-order valence-electron chi connectivity index (χ4n) is 2.31. The van der Waals surface area contributed by atoms with Gasteiger partial charge in [-0.15, -0.1) is 6.42 Å². The molecule has 0 amide bonds. The second-order valence-corrected chi connectivity index (χ2v) is 4.72. The van der Waals surface area contributed by atoms with Crippen LogP contribution in [-0.4, -0.2) is 0 Å². The second kappa shape index (κ2) is 5.50. The zero-order valence-corrected chi connectivity index (χ0v) is 11.1. The SMILES string of the molecule is C#CC(Nc1ccccc1)c1ccc2ccccc2c1. The predicted molar refractivity (Wildman–Crippen MR) is 85.6 cm³/mol. The van der Waals surface area contributed by atoms with Gasteiger partial charge in [0.15, 0.2) is 0 Å². The first kappa shape index (κ1) is 12.3. The van der Waals surface area contributed by atoms with Crippen LogP contribution in [0.5, 0.6) is 0 Å². The molecule has 0 aliphatic carbocycles. The van der Waals surface area contributed by atoms with E-state index in [1.54, 1.807) is 0 Å². The molecule has 0 saturated carbocycles. The standard InChI is InChI=1S/C19H15N/c1-2-19(20-18-10-4-3-5-11-18)17-13-12-15-8-6-7-9-16(15)14-17/h1,3-14,19-20H. The minimum atomic E-state index is -0.123. The van der Waals surface area contributed by atoms with E-state index in [1.165, 1.54) is 10.8 Å². The van der Waals surface area contributed by atoms with Crippen molar-refractivity contribution in [3.05, 3.63) is 78.4 Å². The summed E-state index contributed by atoms with van der Waals surface area (Å²) in [5, 5.41) is 5.81. The molecule has 1 heteroatoms. The number of benzene rings is 3. The van der Waals surface area contributed by atoms with E-state index in [4.69, 9.17) is 6.42 Å². The summed E-state index contributed by atoms with van der Waals surface area (Å²) in [7, 11) is 0. The van der Waals surface area contributed by atoms with Crippen LogP contribution in [0.15, 0.2) is 72.8 Å². The summed E-state index contributed by atoms with van der Waals surface area (Å²) < 4.78 is 0. The number of fused-ring (bicyclic) bond motifs is 1. The molecule has 1 nitrogen and oxygen atoms in total. The van der Waals surface area contributed by atoms with Crippen LogP contribution in [0.1, 0.15) is 11.6 Å². The van der Waals surface area contributed by atoms with E-state index in [1.807, 2.05) is 42.5 Å². The molecule has 3 rings (SSSR count). The van der Waals surface area contributed by atoms with Crippen LogP contribution in [0.3, 0.4) is 0 Å². The number of terminal acetylenes is 1. The maximum Gasteiger partial charge on any atom is 0.113 e. The summed E-state index contributed by atoms with van der Waals surface area (Å²) in [4.78, 5) is 0. The number of rotatable bonds is 3. The Hall–Kier alpha value is -2.72. The van der Waals surface area contributed by atoms with Gasteiger partial charge in [0.05, 0.1) is 0 Å². The molecule has 0 aliphatic rings. The summed E-state index contributed by atoms with van der Waals surface area (Å²) in [6.07, 6.45) is 5.68. The van der Waals surface area contributed by atoms with Crippen molar-refractivity contribution >= 4 is 16.5 Å². The number of anilines is 1. The molecule has 0 aromatic heterocycles. The number of hydrogen-bond acceptors (Lipinski definition) is 1. The predicted octanol–water partition coefficient (Wildman–Crippen LogP) is 4.63. The summed E-state index contributed by atoms with van der Waals surface area (Å²) >= 11 is 0. The monoisotopic (exact) mass is 257 g/mol. The second-order valence-electron chi connectivity index (χ2n) is 4.72. The molecule has 0 bridgehead atoms. The highest BCUT2D eigenvalue weighted by Gasteiger charge is 2.08. The van der Waals surface area contributed by atoms with Crippen LogP contribution in [0, 0.1) is 12.3 Å². The molecule has 0 aliphatic heterocycles. The largest absolute Gasteiger partial charge is 0.368 e. The molecule has 0 radical (unpaired) electrons. The van der Waals surface area contributed by atoms with Crippen molar-refractivity contribution in [2.45, 2.75) is 6.04 Å². The third-order valence-corrected chi connectivity index (χ3v) is 3.36. The molecule has 0 heterocycles. The van der Waals surface area contributed by atoms with Gasteiger partial charge in [-0.1, -0.05) is 60.5 Å². The van der Waals surface area contributed by atoms with Gasteiger partial charge in [-0.2, -0.15) is 0 Å². The number of para-hydroxylation sites is 1. The van der Waals surface area contributed by atoms with Crippen LogP contribution in [0.4, 0.5) is 5.69 Å². The lowest BCUT2D eigenvalue weighted by molar-refractivity contribution is 1.03. The Kier molecular flexibility index (Phi) is 3.39. The topological polar surface area (TPSA) is 12.0 Å². The van der Waals surface area contributed by atoms with Crippen molar-refractivity contribution in [2.75, 3.05) is 5.32 Å². The van der Waals surface area contributed by atoms with E-state index < -0.39 is 0 Å². The Bertz CT molecular complexity index is 753. The smallest absolute Gasteiger partial charge is 0.113 e. The zero-order valence-electron chi connectivity index (χ0n) is 11.1. The van der Waals surface area contributed by atoms with Gasteiger partial charge in [0.2, 0.25) is 0 Å². The summed E-state index contributed by atoms with van der Waals surface area (Å²) in [6.45, 7) is 0. The van der Waals surface area contributed by atoms with E-state index >= 15 is 0 Å². The summed E-state index contributed by atoms with van der Waals surface area (Å²) in [5.74, 6) is 2.82. The molecule has 0 fully saturated rings. The first-order valence-corrected chi connectivity index (χ1v) is 6.63. The normalized spacial score (nSPS) is 11.8. The van der Waals surface area contributed by atoms with Crippen LogP contribution >= 0.6 is 0 Å². The third-order valence-electron chi connectivity index (χ3n) is 3.36. The van der Waals surface area contributed by atoms with E-state index in [0.717, 1.165) is 11.3 Å². The van der Waals surface area contributed by atoms with Gasteiger partial charge in [0, 0.05) is 5.69 Å². The highest BCUT2D eigenvalue weighted by atomic mass is 14.9. The zero-order chi connectivity index (χ0) is 13.8. The lowest BCUT2D eigenvalue weighted by Gasteiger charge is -2.15. The van der Waals surface area contributed by atoms with Crippen molar-refractivity contribution in [2.24, 2.45) is 0 Å². The average Bonchev–Trinajstić information content (AvgIpc) is 2.53. The Morgan fingerprint density at radius 1 is 0.800 bits per heavy atom. The highest BCUT2D eigenvalue weighted by Crippen LogP contribution is 2.23. The fourth-order valence-corrected chi connectivity index (χ4v) is 2.31. The molecule has 1 unspecified atom stereocenters. The van der Waals surface area contributed by atoms with Gasteiger partial charge in [-0.05, 0) is 34.5 Å². The Balaban J connectivity index is 1.93. The van der Waals surface area contributed by atoms with Crippen molar-refractivity contribution in [3.8, 4) is 12.3 Å². The van der Waals surface area contributed by atoms with Crippen molar-refractivity contribution in [1.29, 1.82) is 0 Å². The minimum absolute atomic E-state index is 0.123. The van der Waals surface area contributed by atoms with Crippen LogP contribution in [0.25, 0.3) is 10.8 Å². The molecule has 96 valence electrons. The highest BCUT2D eigenvalue weighted by molar-refractivity contribution is 5.83. The van der Waals surface area contributed by atoms with E-state index in [-0.39, 0.29) is 6.04 Å². The number of hydrogen-bond donors (Lipinski definition) is 1. The molecule has 0 saturated heterocycles. The summed E-state index contributed by atoms with van der Waals surface area (Å²) in [5.41, 5.74) is 2.14. The molecule has 1 atom stereocenters. The van der Waals surface area contributed by atoms with Gasteiger partial charge in [-0.25, -0.2) is 0 Å². The maximum absolute atomic E-state index is 5.68. The Morgan fingerprint density at radius 3 is 2.25 bits per heavy atom. The molecule has 20 heavy (non-hydrogen) atoms. The van der Waals surface area contributed by atoms with E-state index in [2.05, 4.69) is 41.6 Å². The minimum Gasteiger partial charge on any atom is -0.368 e. The fraction of sp³-hybridized carbons (Fsp3) is 0.0526.